The van der Waals surface area contributed by atoms with Gasteiger partial charge in [-0.2, -0.15) is 13.2 Å². The van der Waals surface area contributed by atoms with Crippen molar-refractivity contribution >= 4 is 5.91 Å². The van der Waals surface area contributed by atoms with Crippen molar-refractivity contribution in [3.63, 3.8) is 0 Å². The van der Waals surface area contributed by atoms with Gasteiger partial charge in [-0.25, -0.2) is 4.98 Å². The third kappa shape index (κ3) is 4.39. The van der Waals surface area contributed by atoms with Gasteiger partial charge < -0.3 is 14.5 Å². The summed E-state index contributed by atoms with van der Waals surface area (Å²) < 4.78 is 43.0. The lowest BCUT2D eigenvalue weighted by Gasteiger charge is -2.21. The van der Waals surface area contributed by atoms with Crippen molar-refractivity contribution in [2.45, 2.75) is 44.9 Å². The summed E-state index contributed by atoms with van der Waals surface area (Å²) in [7, 11) is 1.63. The van der Waals surface area contributed by atoms with Gasteiger partial charge in [0.05, 0.1) is 0 Å². The van der Waals surface area contributed by atoms with Gasteiger partial charge in [-0.05, 0) is 6.07 Å². The number of nitrogens with zero attached hydrogens (tertiary/aromatic N) is 3. The van der Waals surface area contributed by atoms with Crippen molar-refractivity contribution < 1.29 is 18.0 Å². The summed E-state index contributed by atoms with van der Waals surface area (Å²) >= 11 is 0. The number of halogens is 3. The zero-order valence-electron chi connectivity index (χ0n) is 13.8. The molecule has 5 nitrogen and oxygen atoms in total. The molecule has 0 saturated carbocycles. The van der Waals surface area contributed by atoms with Gasteiger partial charge in [0.25, 0.3) is 0 Å². The Morgan fingerprint density at radius 1 is 1.33 bits per heavy atom. The van der Waals surface area contributed by atoms with Crippen molar-refractivity contribution in [2.24, 2.45) is 7.05 Å². The molecule has 0 aliphatic heterocycles. The zero-order chi connectivity index (χ0) is 17.9. The molecule has 24 heavy (non-hydrogen) atoms. The van der Waals surface area contributed by atoms with Crippen LogP contribution < -0.4 is 5.32 Å². The van der Waals surface area contributed by atoms with Gasteiger partial charge in [0.15, 0.2) is 6.04 Å². The van der Waals surface area contributed by atoms with E-state index in [1.807, 2.05) is 13.8 Å². The summed E-state index contributed by atoms with van der Waals surface area (Å²) in [4.78, 5) is 16.2. The van der Waals surface area contributed by atoms with Crippen molar-refractivity contribution in [3.8, 4) is 0 Å². The van der Waals surface area contributed by atoms with E-state index in [2.05, 4.69) is 10.3 Å². The summed E-state index contributed by atoms with van der Waals surface area (Å²) in [6.07, 6.45) is 1.62. The molecule has 0 aliphatic rings. The first kappa shape index (κ1) is 18.1. The van der Waals surface area contributed by atoms with Gasteiger partial charge in [0.2, 0.25) is 5.91 Å². The van der Waals surface area contributed by atoms with Crippen LogP contribution in [0.25, 0.3) is 0 Å². The van der Waals surface area contributed by atoms with Crippen LogP contribution >= 0.6 is 0 Å². The molecule has 1 N–H and O–H groups in total. The molecule has 0 aliphatic carbocycles. The molecule has 2 heterocycles. The molecule has 0 spiro atoms. The molecular formula is C16H21F3N4O. The number of hydrogen-bond acceptors (Lipinski definition) is 2. The highest BCUT2D eigenvalue weighted by atomic mass is 19.4. The van der Waals surface area contributed by atoms with Gasteiger partial charge in [-0.1, -0.05) is 13.8 Å². The number of alkyl halides is 3. The Kier molecular flexibility index (Phi) is 5.36. The molecule has 2 rings (SSSR count). The number of hydrogen-bond donors (Lipinski definition) is 1. The second kappa shape index (κ2) is 7.11. The highest BCUT2D eigenvalue weighted by Crippen LogP contribution is 2.32. The minimum absolute atomic E-state index is 0.0175. The Balaban J connectivity index is 2.02. The highest BCUT2D eigenvalue weighted by Gasteiger charge is 2.42. The van der Waals surface area contributed by atoms with Crippen molar-refractivity contribution in [3.05, 3.63) is 42.2 Å². The molecule has 8 heteroatoms. The zero-order valence-corrected chi connectivity index (χ0v) is 13.8. The Morgan fingerprint density at radius 2 is 2.04 bits per heavy atom. The highest BCUT2D eigenvalue weighted by molar-refractivity contribution is 5.76. The van der Waals surface area contributed by atoms with E-state index < -0.39 is 18.1 Å². The van der Waals surface area contributed by atoms with Gasteiger partial charge in [-0.15, -0.1) is 0 Å². The molecule has 0 radical (unpaired) electrons. The van der Waals surface area contributed by atoms with Gasteiger partial charge in [-0.3, -0.25) is 4.79 Å². The molecule has 0 saturated heterocycles. The Labute approximate surface area is 138 Å². The molecule has 2 aromatic heterocycles. The maximum Gasteiger partial charge on any atom is 0.412 e. The predicted molar refractivity (Wildman–Crippen MR) is 83.3 cm³/mol. The smallest absolute Gasteiger partial charge is 0.357 e. The standard InChI is InChI=1S/C16H21F3N4O/c1-11(2)15-20-6-9-23(15)8-5-13(24)21-14(16(17,18)19)12-4-7-22(3)10-12/h4,6-7,9-11,14H,5,8H2,1-3H3,(H,21,24)/t14-/m1/s1. The maximum absolute atomic E-state index is 13.2. The lowest BCUT2D eigenvalue weighted by Crippen LogP contribution is -2.38. The van der Waals surface area contributed by atoms with E-state index in [-0.39, 0.29) is 17.9 Å². The lowest BCUT2D eigenvalue weighted by atomic mass is 10.1. The van der Waals surface area contributed by atoms with Gasteiger partial charge in [0.1, 0.15) is 5.82 Å². The monoisotopic (exact) mass is 342 g/mol. The van der Waals surface area contributed by atoms with E-state index in [1.54, 1.807) is 24.0 Å². The number of aromatic nitrogens is 3. The van der Waals surface area contributed by atoms with Crippen LogP contribution in [0.3, 0.4) is 0 Å². The third-order valence-corrected chi connectivity index (χ3v) is 3.66. The predicted octanol–water partition coefficient (Wildman–Crippen LogP) is 3.15. The van der Waals surface area contributed by atoms with E-state index in [0.717, 1.165) is 5.82 Å². The Morgan fingerprint density at radius 3 is 2.58 bits per heavy atom. The minimum atomic E-state index is -4.55. The van der Waals surface area contributed by atoms with Crippen molar-refractivity contribution in [2.75, 3.05) is 0 Å². The number of carbonyl (C=O) groups excluding carboxylic acids is 1. The summed E-state index contributed by atoms with van der Waals surface area (Å²) in [5.74, 6) is 0.332. The van der Waals surface area contributed by atoms with E-state index in [9.17, 15) is 18.0 Å². The summed E-state index contributed by atoms with van der Waals surface area (Å²) in [6, 6.07) is -0.649. The second-order valence-electron chi connectivity index (χ2n) is 6.04. The molecule has 0 aromatic carbocycles. The normalized spacial score (nSPS) is 13.3. The van der Waals surface area contributed by atoms with Crippen LogP contribution in [0.4, 0.5) is 13.2 Å². The second-order valence-corrected chi connectivity index (χ2v) is 6.04. The van der Waals surface area contributed by atoms with E-state index in [0.29, 0.717) is 6.54 Å². The van der Waals surface area contributed by atoms with Crippen LogP contribution in [-0.2, 0) is 18.4 Å². The molecule has 0 bridgehead atoms. The SMILES string of the molecule is CC(C)c1nccn1CCC(=O)N[C@H](c1ccn(C)c1)C(F)(F)F. The molecule has 0 fully saturated rings. The van der Waals surface area contributed by atoms with Crippen LogP contribution in [0.5, 0.6) is 0 Å². The molecular weight excluding hydrogens is 321 g/mol. The quantitative estimate of drug-likeness (QED) is 0.877. The first-order valence-corrected chi connectivity index (χ1v) is 7.67. The molecule has 0 unspecified atom stereocenters. The number of imidazole rings is 1. The van der Waals surface area contributed by atoms with Crippen molar-refractivity contribution in [1.29, 1.82) is 0 Å². The van der Waals surface area contributed by atoms with E-state index in [1.165, 1.54) is 23.0 Å². The number of nitrogens with one attached hydrogen (secondary N) is 1. The number of aryl methyl sites for hydroxylation is 2. The minimum Gasteiger partial charge on any atom is -0.357 e. The van der Waals surface area contributed by atoms with Gasteiger partial charge in [0, 0.05) is 56.3 Å². The average Bonchev–Trinajstić information content (AvgIpc) is 3.10. The van der Waals surface area contributed by atoms with Crippen molar-refractivity contribution in [1.82, 2.24) is 19.4 Å². The van der Waals surface area contributed by atoms with Gasteiger partial charge >= 0.3 is 6.18 Å². The first-order chi connectivity index (χ1) is 11.2. The fraction of sp³-hybridized carbons (Fsp3) is 0.500. The summed E-state index contributed by atoms with van der Waals surface area (Å²) in [5, 5.41) is 2.09. The summed E-state index contributed by atoms with van der Waals surface area (Å²) in [6.45, 7) is 4.22. The van der Waals surface area contributed by atoms with Crippen LogP contribution in [0.15, 0.2) is 30.9 Å². The molecule has 132 valence electrons. The molecule has 2 aromatic rings. The Bertz CT molecular complexity index is 688. The van der Waals surface area contributed by atoms with Crippen LogP contribution in [0.1, 0.15) is 43.6 Å². The van der Waals surface area contributed by atoms with Crippen LogP contribution in [0, 0.1) is 0 Å². The number of carbonyl (C=O) groups is 1. The topological polar surface area (TPSA) is 51.9 Å². The van der Waals surface area contributed by atoms with E-state index >= 15 is 0 Å². The van der Waals surface area contributed by atoms with Crippen LogP contribution in [0.2, 0.25) is 0 Å². The average molecular weight is 342 g/mol. The number of amides is 1. The Hall–Kier alpha value is -2.25. The molecule has 1 atom stereocenters. The fourth-order valence-corrected chi connectivity index (χ4v) is 2.52. The maximum atomic E-state index is 13.2. The third-order valence-electron chi connectivity index (χ3n) is 3.66. The first-order valence-electron chi connectivity index (χ1n) is 7.67. The number of rotatable bonds is 6. The lowest BCUT2D eigenvalue weighted by molar-refractivity contribution is -0.163. The molecule has 1 amide bonds. The van der Waals surface area contributed by atoms with E-state index in [4.69, 9.17) is 0 Å². The van der Waals surface area contributed by atoms with Crippen LogP contribution in [-0.4, -0.2) is 26.2 Å². The summed E-state index contributed by atoms with van der Waals surface area (Å²) in [5.41, 5.74) is 0.0175. The largest absolute Gasteiger partial charge is 0.412 e. The fourth-order valence-electron chi connectivity index (χ4n) is 2.52.